The number of amides is 2. The minimum atomic E-state index is -0.818. The third-order valence-electron chi connectivity index (χ3n) is 5.79. The van der Waals surface area contributed by atoms with E-state index in [1.54, 1.807) is 27.7 Å². The van der Waals surface area contributed by atoms with Crippen LogP contribution in [0.3, 0.4) is 0 Å². The third kappa shape index (κ3) is 6.86. The first-order valence-corrected chi connectivity index (χ1v) is 11.4. The highest BCUT2D eigenvalue weighted by Gasteiger charge is 2.43. The van der Waals surface area contributed by atoms with Gasteiger partial charge in [0.1, 0.15) is 0 Å². The Morgan fingerprint density at radius 3 is 1.56 bits per heavy atom. The molecule has 1 aliphatic rings. The summed E-state index contributed by atoms with van der Waals surface area (Å²) in [5, 5.41) is 5.63. The van der Waals surface area contributed by atoms with Crippen molar-refractivity contribution in [2.45, 2.75) is 74.7 Å². The quantitative estimate of drug-likeness (QED) is 0.352. The van der Waals surface area contributed by atoms with Gasteiger partial charge in [0.2, 0.25) is 11.8 Å². The molecule has 2 amide bonds. The molecule has 7 nitrogen and oxygen atoms in total. The monoisotopic (exact) mass is 448 g/mol. The van der Waals surface area contributed by atoms with Crippen LogP contribution in [-0.2, 0) is 23.9 Å². The van der Waals surface area contributed by atoms with Gasteiger partial charge in [0.25, 0.3) is 0 Å². The number of ether oxygens (including phenoxy) is 1. The molecule has 0 saturated heterocycles. The first-order chi connectivity index (χ1) is 14.8. The van der Waals surface area contributed by atoms with E-state index in [1.807, 2.05) is 27.7 Å². The van der Waals surface area contributed by atoms with Crippen molar-refractivity contribution >= 4 is 23.4 Å². The van der Waals surface area contributed by atoms with Crippen molar-refractivity contribution in [3.05, 3.63) is 22.3 Å². The molecule has 0 aliphatic heterocycles. The van der Waals surface area contributed by atoms with E-state index < -0.39 is 10.8 Å². The maximum absolute atomic E-state index is 13.4. The van der Waals surface area contributed by atoms with Crippen molar-refractivity contribution in [2.75, 3.05) is 26.3 Å². The van der Waals surface area contributed by atoms with Gasteiger partial charge in [-0.15, -0.1) is 0 Å². The molecule has 7 heteroatoms. The Balaban J connectivity index is 3.12. The number of rotatable bonds is 12. The molecule has 2 N–H and O–H groups in total. The minimum absolute atomic E-state index is 0.0796. The van der Waals surface area contributed by atoms with Crippen molar-refractivity contribution in [1.82, 2.24) is 10.6 Å². The maximum Gasteiger partial charge on any atom is 0.220 e. The molecule has 1 aliphatic carbocycles. The van der Waals surface area contributed by atoms with Gasteiger partial charge in [0, 0.05) is 65.7 Å². The Bertz CT molecular complexity index is 818. The van der Waals surface area contributed by atoms with Gasteiger partial charge in [-0.3, -0.25) is 19.2 Å². The molecule has 180 valence electrons. The molecule has 0 radical (unpaired) electrons. The smallest absolute Gasteiger partial charge is 0.220 e. The van der Waals surface area contributed by atoms with Crippen molar-refractivity contribution < 1.29 is 23.9 Å². The van der Waals surface area contributed by atoms with Crippen molar-refractivity contribution in [2.24, 2.45) is 10.8 Å². The summed E-state index contributed by atoms with van der Waals surface area (Å²) >= 11 is 0. The average molecular weight is 449 g/mol. The molecule has 32 heavy (non-hydrogen) atoms. The number of Topliss-reactive ketones (excluding diaryl/α,β-unsaturated/α-hetero) is 2. The lowest BCUT2D eigenvalue weighted by molar-refractivity contribution is -0.125. The summed E-state index contributed by atoms with van der Waals surface area (Å²) in [7, 11) is 0. The van der Waals surface area contributed by atoms with Crippen LogP contribution < -0.4 is 10.6 Å². The highest BCUT2D eigenvalue weighted by Crippen LogP contribution is 2.44. The van der Waals surface area contributed by atoms with Crippen molar-refractivity contribution in [1.29, 1.82) is 0 Å². The predicted molar refractivity (Wildman–Crippen MR) is 125 cm³/mol. The fraction of sp³-hybridized carbons (Fsp3) is 0.680. The van der Waals surface area contributed by atoms with Crippen LogP contribution in [0.4, 0.5) is 0 Å². The van der Waals surface area contributed by atoms with E-state index in [4.69, 9.17) is 4.74 Å². The molecule has 0 heterocycles. The Labute approximate surface area is 192 Å². The molecular formula is C25H40N2O5. The number of allylic oxidation sites excluding steroid dienone is 4. The Morgan fingerprint density at radius 2 is 1.19 bits per heavy atom. The van der Waals surface area contributed by atoms with E-state index in [1.165, 1.54) is 0 Å². The largest absolute Gasteiger partial charge is 0.380 e. The fourth-order valence-corrected chi connectivity index (χ4v) is 4.35. The lowest BCUT2D eigenvalue weighted by Crippen LogP contribution is -2.39. The number of nitrogens with one attached hydrogen (secondary N) is 2. The van der Waals surface area contributed by atoms with Gasteiger partial charge in [0.05, 0.1) is 6.61 Å². The number of carbonyl (C=O) groups is 4. The van der Waals surface area contributed by atoms with Crippen LogP contribution in [0.25, 0.3) is 0 Å². The first kappa shape index (κ1) is 27.8. The lowest BCUT2D eigenvalue weighted by atomic mass is 9.66. The highest BCUT2D eigenvalue weighted by molar-refractivity contribution is 6.26. The van der Waals surface area contributed by atoms with E-state index >= 15 is 0 Å². The predicted octanol–water partition coefficient (Wildman–Crippen LogP) is 3.28. The van der Waals surface area contributed by atoms with E-state index in [0.29, 0.717) is 48.6 Å². The number of ketones is 2. The van der Waals surface area contributed by atoms with Crippen LogP contribution in [0.2, 0.25) is 0 Å². The SMILES string of the molecule is CCCNC(=O)CC(C)(C)C1=C(C)C(=O)C(C(C)(C)CC(=O)NCCOCC)=C(C)C1=O. The molecular weight excluding hydrogens is 408 g/mol. The number of hydrogen-bond acceptors (Lipinski definition) is 5. The molecule has 0 bridgehead atoms. The van der Waals surface area contributed by atoms with Crippen LogP contribution in [0, 0.1) is 10.8 Å². The summed E-state index contributed by atoms with van der Waals surface area (Å²) in [4.78, 5) is 51.5. The van der Waals surface area contributed by atoms with E-state index in [2.05, 4.69) is 10.6 Å². The van der Waals surface area contributed by atoms with Crippen LogP contribution >= 0.6 is 0 Å². The molecule has 0 atom stereocenters. The Morgan fingerprint density at radius 1 is 0.781 bits per heavy atom. The minimum Gasteiger partial charge on any atom is -0.380 e. The second-order valence-corrected chi connectivity index (χ2v) is 9.68. The maximum atomic E-state index is 13.4. The normalized spacial score (nSPS) is 15.4. The zero-order valence-corrected chi connectivity index (χ0v) is 21.0. The average Bonchev–Trinajstić information content (AvgIpc) is 2.67. The van der Waals surface area contributed by atoms with Gasteiger partial charge in [-0.2, -0.15) is 0 Å². The molecule has 0 unspecified atom stereocenters. The molecule has 0 saturated carbocycles. The lowest BCUT2D eigenvalue weighted by Gasteiger charge is -2.36. The summed E-state index contributed by atoms with van der Waals surface area (Å²) in [6.07, 6.45) is 1.02. The zero-order valence-electron chi connectivity index (χ0n) is 21.0. The summed E-state index contributed by atoms with van der Waals surface area (Å²) in [6.45, 7) is 16.4. The van der Waals surface area contributed by atoms with Crippen LogP contribution in [0.5, 0.6) is 0 Å². The second kappa shape index (κ2) is 11.5. The van der Waals surface area contributed by atoms with Gasteiger partial charge >= 0.3 is 0 Å². The summed E-state index contributed by atoms with van der Waals surface area (Å²) < 4.78 is 5.23. The van der Waals surface area contributed by atoms with E-state index in [9.17, 15) is 19.2 Å². The fourth-order valence-electron chi connectivity index (χ4n) is 4.35. The second-order valence-electron chi connectivity index (χ2n) is 9.68. The molecule has 0 aromatic heterocycles. The van der Waals surface area contributed by atoms with Crippen LogP contribution in [0.15, 0.2) is 22.3 Å². The van der Waals surface area contributed by atoms with E-state index in [0.717, 1.165) is 6.42 Å². The summed E-state index contributed by atoms with van der Waals surface area (Å²) in [6, 6.07) is 0. The Kier molecular flexibility index (Phi) is 10.0. The third-order valence-corrected chi connectivity index (χ3v) is 5.79. The van der Waals surface area contributed by atoms with Gasteiger partial charge in [0.15, 0.2) is 11.6 Å². The van der Waals surface area contributed by atoms with Crippen molar-refractivity contribution in [3.63, 3.8) is 0 Å². The Hall–Kier alpha value is -2.28. The number of carbonyl (C=O) groups excluding carboxylic acids is 4. The highest BCUT2D eigenvalue weighted by atomic mass is 16.5. The molecule has 0 aromatic carbocycles. The van der Waals surface area contributed by atoms with E-state index in [-0.39, 0.29) is 36.2 Å². The van der Waals surface area contributed by atoms with Crippen molar-refractivity contribution in [3.8, 4) is 0 Å². The topological polar surface area (TPSA) is 102 Å². The molecule has 0 fully saturated rings. The summed E-state index contributed by atoms with van der Waals surface area (Å²) in [5.41, 5.74) is -0.148. The van der Waals surface area contributed by atoms with Gasteiger partial charge in [-0.1, -0.05) is 34.6 Å². The first-order valence-electron chi connectivity index (χ1n) is 11.4. The number of hydrogen-bond donors (Lipinski definition) is 2. The molecule has 1 rings (SSSR count). The molecule has 0 aromatic rings. The summed E-state index contributed by atoms with van der Waals surface area (Å²) in [5.74, 6) is -0.800. The van der Waals surface area contributed by atoms with Gasteiger partial charge in [-0.05, 0) is 27.2 Å². The molecule has 0 spiro atoms. The van der Waals surface area contributed by atoms with Gasteiger partial charge < -0.3 is 15.4 Å². The van der Waals surface area contributed by atoms with Crippen LogP contribution in [-0.4, -0.2) is 49.7 Å². The van der Waals surface area contributed by atoms with Gasteiger partial charge in [-0.25, -0.2) is 0 Å². The van der Waals surface area contributed by atoms with Crippen LogP contribution in [0.1, 0.15) is 74.7 Å². The zero-order chi connectivity index (χ0) is 24.7. The standard InChI is InChI=1S/C25H40N2O5/c1-9-11-26-18(28)14-24(5,6)20-16(3)23(31)21(17(4)22(20)30)25(7,8)15-19(29)27-12-13-32-10-2/h9-15H2,1-8H3,(H,26,28)(H,27,29).